The van der Waals surface area contributed by atoms with Crippen LogP contribution in [-0.2, 0) is 4.79 Å². The fraction of sp³-hybridized carbons (Fsp3) is 0.290. The summed E-state index contributed by atoms with van der Waals surface area (Å²) in [4.78, 5) is 28.1. The third-order valence-corrected chi connectivity index (χ3v) is 6.08. The smallest absolute Gasteiger partial charge is 0.336 e. The van der Waals surface area contributed by atoms with E-state index in [1.54, 1.807) is 24.3 Å². The number of aryl methyl sites for hydroxylation is 1. The number of aromatic nitrogens is 2. The summed E-state index contributed by atoms with van der Waals surface area (Å²) in [7, 11) is 0. The summed E-state index contributed by atoms with van der Waals surface area (Å²) < 4.78 is 7.79. The van der Waals surface area contributed by atoms with E-state index in [0.29, 0.717) is 22.6 Å². The lowest BCUT2D eigenvalue weighted by molar-refractivity contribution is -0.384. The standard InChI is InChI=1S/C31H34N4O4/c1-21-17-18-34-26(19-21)32-28(29(34)33-31(5,6)20-30(2,3)4)24-9-7-8-10-25(24)39-27(36)16-13-22-11-14-23(15-12-22)35(37)38/h7-19,33H,20H2,1-6H3/b16-13+. The molecule has 0 aliphatic carbocycles. The molecule has 202 valence electrons. The van der Waals surface area contributed by atoms with Crippen LogP contribution in [0.1, 0.15) is 52.2 Å². The quantitative estimate of drug-likeness (QED) is 0.0841. The van der Waals surface area contributed by atoms with Crippen LogP contribution in [0.4, 0.5) is 11.5 Å². The number of rotatable bonds is 8. The zero-order valence-electron chi connectivity index (χ0n) is 23.2. The Morgan fingerprint density at radius 1 is 1.08 bits per heavy atom. The Kier molecular flexibility index (Phi) is 7.58. The van der Waals surface area contributed by atoms with Gasteiger partial charge in [0.15, 0.2) is 0 Å². The first-order valence-electron chi connectivity index (χ1n) is 12.8. The Balaban J connectivity index is 1.68. The number of anilines is 1. The van der Waals surface area contributed by atoms with Crippen LogP contribution in [0.25, 0.3) is 23.0 Å². The topological polar surface area (TPSA) is 98.8 Å². The van der Waals surface area contributed by atoms with Gasteiger partial charge in [-0.1, -0.05) is 32.9 Å². The molecule has 0 spiro atoms. The molecule has 0 aliphatic rings. The summed E-state index contributed by atoms with van der Waals surface area (Å²) in [6, 6.07) is 17.3. The molecule has 0 saturated heterocycles. The van der Waals surface area contributed by atoms with Crippen molar-refractivity contribution in [2.45, 2.75) is 53.5 Å². The minimum atomic E-state index is -0.567. The number of non-ortho nitro benzene ring substituents is 1. The maximum absolute atomic E-state index is 12.8. The first-order valence-corrected chi connectivity index (χ1v) is 12.8. The Labute approximate surface area is 228 Å². The summed E-state index contributed by atoms with van der Waals surface area (Å²) in [5.74, 6) is 0.639. The Bertz CT molecular complexity index is 1540. The molecule has 1 N–H and O–H groups in total. The van der Waals surface area contributed by atoms with Crippen molar-refractivity contribution in [1.29, 1.82) is 0 Å². The summed E-state index contributed by atoms with van der Waals surface area (Å²) in [6.07, 6.45) is 5.78. The van der Waals surface area contributed by atoms with E-state index >= 15 is 0 Å². The van der Waals surface area contributed by atoms with Gasteiger partial charge in [-0.15, -0.1) is 0 Å². The van der Waals surface area contributed by atoms with E-state index in [9.17, 15) is 14.9 Å². The van der Waals surface area contributed by atoms with E-state index in [1.165, 1.54) is 18.2 Å². The van der Waals surface area contributed by atoms with Crippen LogP contribution in [0.5, 0.6) is 5.75 Å². The number of carbonyl (C=O) groups is 1. The molecule has 0 radical (unpaired) electrons. The number of benzene rings is 2. The van der Waals surface area contributed by atoms with Gasteiger partial charge in [-0.3, -0.25) is 14.5 Å². The van der Waals surface area contributed by atoms with Gasteiger partial charge in [0.25, 0.3) is 5.69 Å². The fourth-order valence-electron chi connectivity index (χ4n) is 4.91. The summed E-state index contributed by atoms with van der Waals surface area (Å²) in [5, 5.41) is 14.6. The minimum Gasteiger partial charge on any atom is -0.423 e. The number of pyridine rings is 1. The number of hydrogen-bond acceptors (Lipinski definition) is 6. The first-order chi connectivity index (χ1) is 18.3. The number of nitro benzene ring substituents is 1. The van der Waals surface area contributed by atoms with E-state index in [2.05, 4.69) is 39.9 Å². The zero-order valence-corrected chi connectivity index (χ0v) is 23.2. The maximum atomic E-state index is 12.8. The molecule has 0 saturated carbocycles. The van der Waals surface area contributed by atoms with Gasteiger partial charge in [0, 0.05) is 35.5 Å². The first kappa shape index (κ1) is 27.6. The Hall–Kier alpha value is -4.46. The second-order valence-corrected chi connectivity index (χ2v) is 11.6. The van der Waals surface area contributed by atoms with E-state index in [1.807, 2.05) is 47.9 Å². The van der Waals surface area contributed by atoms with Crippen LogP contribution < -0.4 is 10.1 Å². The third-order valence-electron chi connectivity index (χ3n) is 6.08. The molecule has 0 unspecified atom stereocenters. The van der Waals surface area contributed by atoms with Crippen LogP contribution in [0, 0.1) is 22.5 Å². The number of ether oxygens (including phenoxy) is 1. The predicted octanol–water partition coefficient (Wildman–Crippen LogP) is 7.46. The average Bonchev–Trinajstić information content (AvgIpc) is 3.18. The molecule has 39 heavy (non-hydrogen) atoms. The molecule has 2 aromatic carbocycles. The second-order valence-electron chi connectivity index (χ2n) is 11.6. The van der Waals surface area contributed by atoms with E-state index in [4.69, 9.17) is 9.72 Å². The molecule has 8 heteroatoms. The van der Waals surface area contributed by atoms with Crippen molar-refractivity contribution in [3.8, 4) is 17.0 Å². The van der Waals surface area contributed by atoms with Gasteiger partial charge in [0.1, 0.15) is 22.9 Å². The van der Waals surface area contributed by atoms with Crippen LogP contribution in [-0.4, -0.2) is 25.8 Å². The number of fused-ring (bicyclic) bond motifs is 1. The number of hydrogen-bond donors (Lipinski definition) is 1. The van der Waals surface area contributed by atoms with Crippen molar-refractivity contribution >= 4 is 29.2 Å². The number of nitrogens with one attached hydrogen (secondary N) is 1. The highest BCUT2D eigenvalue weighted by Crippen LogP contribution is 2.38. The van der Waals surface area contributed by atoms with Crippen molar-refractivity contribution in [3.63, 3.8) is 0 Å². The lowest BCUT2D eigenvalue weighted by Gasteiger charge is -2.34. The fourth-order valence-corrected chi connectivity index (χ4v) is 4.91. The number of esters is 1. The molecule has 2 aromatic heterocycles. The van der Waals surface area contributed by atoms with Crippen molar-refractivity contribution < 1.29 is 14.5 Å². The molecule has 0 amide bonds. The van der Waals surface area contributed by atoms with Crippen LogP contribution in [0.3, 0.4) is 0 Å². The molecule has 4 rings (SSSR count). The van der Waals surface area contributed by atoms with Crippen molar-refractivity contribution in [3.05, 3.63) is 94.2 Å². The van der Waals surface area contributed by atoms with Gasteiger partial charge in [-0.2, -0.15) is 0 Å². The number of nitro groups is 1. The van der Waals surface area contributed by atoms with E-state index < -0.39 is 10.9 Å². The minimum absolute atomic E-state index is 0.0126. The van der Waals surface area contributed by atoms with Crippen LogP contribution in [0.2, 0.25) is 0 Å². The number of nitrogens with zero attached hydrogens (tertiary/aromatic N) is 3. The summed E-state index contributed by atoms with van der Waals surface area (Å²) >= 11 is 0. The van der Waals surface area contributed by atoms with Crippen LogP contribution >= 0.6 is 0 Å². The Morgan fingerprint density at radius 3 is 2.44 bits per heavy atom. The number of carbonyl (C=O) groups excluding carboxylic acids is 1. The number of imidazole rings is 1. The molecule has 0 fully saturated rings. The molecule has 8 nitrogen and oxygen atoms in total. The summed E-state index contributed by atoms with van der Waals surface area (Å²) in [5.41, 5.74) is 3.75. The molecule has 0 aliphatic heterocycles. The highest BCUT2D eigenvalue weighted by molar-refractivity contribution is 5.91. The van der Waals surface area contributed by atoms with Gasteiger partial charge >= 0.3 is 5.97 Å². The van der Waals surface area contributed by atoms with Gasteiger partial charge in [0.05, 0.1) is 4.92 Å². The van der Waals surface area contributed by atoms with Crippen molar-refractivity contribution in [2.75, 3.05) is 5.32 Å². The SMILES string of the molecule is Cc1ccn2c(NC(C)(C)CC(C)(C)C)c(-c3ccccc3OC(=O)/C=C/c3ccc([N+](=O)[O-])cc3)nc2c1. The second kappa shape index (κ2) is 10.7. The van der Waals surface area contributed by atoms with E-state index in [-0.39, 0.29) is 16.6 Å². The molecule has 2 heterocycles. The molecular weight excluding hydrogens is 492 g/mol. The summed E-state index contributed by atoms with van der Waals surface area (Å²) in [6.45, 7) is 13.0. The number of para-hydroxylation sites is 1. The molecule has 0 atom stereocenters. The van der Waals surface area contributed by atoms with E-state index in [0.717, 1.165) is 23.4 Å². The highest BCUT2D eigenvalue weighted by Gasteiger charge is 2.28. The maximum Gasteiger partial charge on any atom is 0.336 e. The largest absolute Gasteiger partial charge is 0.423 e. The molecular formula is C31H34N4O4. The molecule has 0 bridgehead atoms. The van der Waals surface area contributed by atoms with Crippen molar-refractivity contribution in [1.82, 2.24) is 9.38 Å². The van der Waals surface area contributed by atoms with Gasteiger partial charge in [-0.25, -0.2) is 9.78 Å². The Morgan fingerprint density at radius 2 is 1.77 bits per heavy atom. The highest BCUT2D eigenvalue weighted by atomic mass is 16.6. The monoisotopic (exact) mass is 526 g/mol. The van der Waals surface area contributed by atoms with Gasteiger partial charge < -0.3 is 10.1 Å². The average molecular weight is 527 g/mol. The van der Waals surface area contributed by atoms with Gasteiger partial charge in [-0.05, 0) is 86.2 Å². The molecule has 4 aromatic rings. The van der Waals surface area contributed by atoms with Crippen molar-refractivity contribution in [2.24, 2.45) is 5.41 Å². The van der Waals surface area contributed by atoms with Gasteiger partial charge in [0.2, 0.25) is 0 Å². The lowest BCUT2D eigenvalue weighted by Crippen LogP contribution is -2.36. The lowest BCUT2D eigenvalue weighted by atomic mass is 9.82. The van der Waals surface area contributed by atoms with Crippen LogP contribution in [0.15, 0.2) is 72.9 Å². The zero-order chi connectivity index (χ0) is 28.4. The predicted molar refractivity (Wildman–Crippen MR) is 155 cm³/mol. The third kappa shape index (κ3) is 6.90. The normalized spacial score (nSPS) is 12.2.